The van der Waals surface area contributed by atoms with Gasteiger partial charge in [0.2, 0.25) is 0 Å². The molecule has 0 aromatic carbocycles. The molecule has 1 saturated carbocycles. The van der Waals surface area contributed by atoms with Gasteiger partial charge in [0.1, 0.15) is 0 Å². The molecule has 0 aromatic heterocycles. The van der Waals surface area contributed by atoms with Crippen molar-refractivity contribution in [1.29, 1.82) is 0 Å². The van der Waals surface area contributed by atoms with Crippen molar-refractivity contribution in [1.82, 2.24) is 10.2 Å². The summed E-state index contributed by atoms with van der Waals surface area (Å²) in [6.45, 7) is 10.5. The molecule has 16 heavy (non-hydrogen) atoms. The summed E-state index contributed by atoms with van der Waals surface area (Å²) >= 11 is 0. The Kier molecular flexibility index (Phi) is 4.42. The first-order valence-corrected chi connectivity index (χ1v) is 6.65. The van der Waals surface area contributed by atoms with Crippen LogP contribution in [-0.2, 0) is 0 Å². The van der Waals surface area contributed by atoms with Gasteiger partial charge in [0, 0.05) is 18.1 Å². The van der Waals surface area contributed by atoms with E-state index in [1.165, 1.54) is 25.7 Å². The standard InChI is InChI=1S/C14H30N2/c1-13(2)9-7-12(8-10-13)16(6)11-14(3,4)15-5/h12,15H,7-11H2,1-6H3. The van der Waals surface area contributed by atoms with Crippen LogP contribution >= 0.6 is 0 Å². The molecule has 0 heterocycles. The Hall–Kier alpha value is -0.0800. The van der Waals surface area contributed by atoms with E-state index >= 15 is 0 Å². The highest BCUT2D eigenvalue weighted by atomic mass is 15.2. The maximum atomic E-state index is 3.39. The molecule has 0 radical (unpaired) electrons. The van der Waals surface area contributed by atoms with Crippen molar-refractivity contribution < 1.29 is 0 Å². The molecule has 0 aliphatic heterocycles. The van der Waals surface area contributed by atoms with Crippen molar-refractivity contribution in [2.45, 2.75) is 65.0 Å². The summed E-state index contributed by atoms with van der Waals surface area (Å²) in [5.41, 5.74) is 0.803. The Balaban J connectivity index is 2.42. The first-order valence-electron chi connectivity index (χ1n) is 6.65. The Labute approximate surface area is 102 Å². The lowest BCUT2D eigenvalue weighted by Gasteiger charge is -2.41. The molecule has 0 atom stereocenters. The van der Waals surface area contributed by atoms with E-state index in [4.69, 9.17) is 0 Å². The number of nitrogens with zero attached hydrogens (tertiary/aromatic N) is 1. The van der Waals surface area contributed by atoms with E-state index in [0.717, 1.165) is 12.6 Å². The van der Waals surface area contributed by atoms with Gasteiger partial charge in [-0.1, -0.05) is 13.8 Å². The Bertz CT molecular complexity index is 211. The van der Waals surface area contributed by atoms with Crippen LogP contribution < -0.4 is 5.32 Å². The molecule has 0 saturated heterocycles. The minimum atomic E-state index is 0.224. The van der Waals surface area contributed by atoms with Gasteiger partial charge >= 0.3 is 0 Å². The summed E-state index contributed by atoms with van der Waals surface area (Å²) in [4.78, 5) is 2.55. The third kappa shape index (κ3) is 4.06. The first kappa shape index (κ1) is 14.0. The second-order valence-corrected chi connectivity index (χ2v) is 6.94. The van der Waals surface area contributed by atoms with Crippen LogP contribution in [0.25, 0.3) is 0 Å². The van der Waals surface area contributed by atoms with Crippen molar-refractivity contribution in [2.24, 2.45) is 5.41 Å². The molecule has 1 aliphatic carbocycles. The Morgan fingerprint density at radius 3 is 2.19 bits per heavy atom. The molecule has 0 bridgehead atoms. The zero-order chi connectivity index (χ0) is 12.4. The van der Waals surface area contributed by atoms with Gasteiger partial charge in [-0.05, 0) is 59.0 Å². The zero-order valence-corrected chi connectivity index (χ0v) is 12.1. The van der Waals surface area contributed by atoms with E-state index in [9.17, 15) is 0 Å². The maximum Gasteiger partial charge on any atom is 0.0249 e. The number of rotatable bonds is 4. The minimum Gasteiger partial charge on any atom is -0.314 e. The molecular formula is C14H30N2. The van der Waals surface area contributed by atoms with Crippen LogP contribution in [0, 0.1) is 5.41 Å². The number of nitrogens with one attached hydrogen (secondary N) is 1. The number of hydrogen-bond donors (Lipinski definition) is 1. The van der Waals surface area contributed by atoms with Gasteiger partial charge in [-0.2, -0.15) is 0 Å². The van der Waals surface area contributed by atoms with Crippen LogP contribution in [0.4, 0.5) is 0 Å². The highest BCUT2D eigenvalue weighted by Gasteiger charge is 2.30. The lowest BCUT2D eigenvalue weighted by molar-refractivity contribution is 0.108. The lowest BCUT2D eigenvalue weighted by atomic mass is 9.75. The summed E-state index contributed by atoms with van der Waals surface area (Å²) in [7, 11) is 4.33. The highest BCUT2D eigenvalue weighted by Crippen LogP contribution is 2.36. The van der Waals surface area contributed by atoms with E-state index in [2.05, 4.69) is 52.0 Å². The van der Waals surface area contributed by atoms with E-state index in [1.807, 2.05) is 0 Å². The van der Waals surface area contributed by atoms with Gasteiger partial charge in [0.05, 0.1) is 0 Å². The topological polar surface area (TPSA) is 15.3 Å². The van der Waals surface area contributed by atoms with Gasteiger partial charge in [0.25, 0.3) is 0 Å². The zero-order valence-electron chi connectivity index (χ0n) is 12.1. The van der Waals surface area contributed by atoms with E-state index in [0.29, 0.717) is 5.41 Å². The Morgan fingerprint density at radius 2 is 1.75 bits per heavy atom. The van der Waals surface area contributed by atoms with Gasteiger partial charge in [-0.15, -0.1) is 0 Å². The summed E-state index contributed by atoms with van der Waals surface area (Å²) < 4.78 is 0. The van der Waals surface area contributed by atoms with Crippen molar-refractivity contribution in [3.8, 4) is 0 Å². The average molecular weight is 226 g/mol. The van der Waals surface area contributed by atoms with Crippen LogP contribution in [0.1, 0.15) is 53.4 Å². The molecule has 96 valence electrons. The van der Waals surface area contributed by atoms with Gasteiger partial charge in [-0.25, -0.2) is 0 Å². The lowest BCUT2D eigenvalue weighted by Crippen LogP contribution is -2.50. The third-order valence-corrected chi connectivity index (χ3v) is 4.25. The predicted molar refractivity (Wildman–Crippen MR) is 71.8 cm³/mol. The van der Waals surface area contributed by atoms with Crippen molar-refractivity contribution >= 4 is 0 Å². The van der Waals surface area contributed by atoms with Gasteiger partial charge in [0.15, 0.2) is 0 Å². The maximum absolute atomic E-state index is 3.39. The quantitative estimate of drug-likeness (QED) is 0.793. The number of hydrogen-bond acceptors (Lipinski definition) is 2. The molecule has 1 aliphatic rings. The summed E-state index contributed by atoms with van der Waals surface area (Å²) in [5, 5.41) is 3.39. The summed E-state index contributed by atoms with van der Waals surface area (Å²) in [6, 6.07) is 0.792. The van der Waals surface area contributed by atoms with Crippen LogP contribution in [0.2, 0.25) is 0 Å². The van der Waals surface area contributed by atoms with Crippen molar-refractivity contribution in [3.05, 3.63) is 0 Å². The largest absolute Gasteiger partial charge is 0.314 e. The predicted octanol–water partition coefficient (Wildman–Crippen LogP) is 2.89. The van der Waals surface area contributed by atoms with E-state index < -0.39 is 0 Å². The molecule has 0 unspecified atom stereocenters. The van der Waals surface area contributed by atoms with Crippen molar-refractivity contribution in [3.63, 3.8) is 0 Å². The van der Waals surface area contributed by atoms with Gasteiger partial charge < -0.3 is 10.2 Å². The molecule has 0 amide bonds. The first-order chi connectivity index (χ1) is 7.26. The summed E-state index contributed by atoms with van der Waals surface area (Å²) in [6.07, 6.45) is 5.48. The highest BCUT2D eigenvalue weighted by molar-refractivity contribution is 4.86. The fourth-order valence-corrected chi connectivity index (χ4v) is 2.66. The second-order valence-electron chi connectivity index (χ2n) is 6.94. The fourth-order valence-electron chi connectivity index (χ4n) is 2.66. The second kappa shape index (κ2) is 5.05. The van der Waals surface area contributed by atoms with Crippen LogP contribution in [0.15, 0.2) is 0 Å². The van der Waals surface area contributed by atoms with Gasteiger partial charge in [-0.3, -0.25) is 0 Å². The SMILES string of the molecule is CNC(C)(C)CN(C)C1CCC(C)(C)CC1. The van der Waals surface area contributed by atoms with Crippen molar-refractivity contribution in [2.75, 3.05) is 20.6 Å². The normalized spacial score (nSPS) is 22.7. The number of likely N-dealkylation sites (N-methyl/N-ethyl adjacent to an activating group) is 2. The Morgan fingerprint density at radius 1 is 1.25 bits per heavy atom. The minimum absolute atomic E-state index is 0.224. The average Bonchev–Trinajstić information content (AvgIpc) is 2.16. The fraction of sp³-hybridized carbons (Fsp3) is 1.00. The van der Waals surface area contributed by atoms with E-state index in [1.54, 1.807) is 0 Å². The molecule has 0 spiro atoms. The third-order valence-electron chi connectivity index (χ3n) is 4.25. The smallest absolute Gasteiger partial charge is 0.0249 e. The van der Waals surface area contributed by atoms with E-state index in [-0.39, 0.29) is 5.54 Å². The molecule has 2 nitrogen and oxygen atoms in total. The van der Waals surface area contributed by atoms with Crippen LogP contribution in [-0.4, -0.2) is 37.1 Å². The van der Waals surface area contributed by atoms with Crippen LogP contribution in [0.3, 0.4) is 0 Å². The molecule has 1 fully saturated rings. The summed E-state index contributed by atoms with van der Waals surface area (Å²) in [5.74, 6) is 0. The molecule has 1 rings (SSSR count). The molecular weight excluding hydrogens is 196 g/mol. The van der Waals surface area contributed by atoms with Crippen LogP contribution in [0.5, 0.6) is 0 Å². The molecule has 0 aromatic rings. The molecule has 1 N–H and O–H groups in total. The monoisotopic (exact) mass is 226 g/mol. The molecule has 2 heteroatoms.